The quantitative estimate of drug-likeness (QED) is 0.0169. The van der Waals surface area contributed by atoms with Crippen LogP contribution in [0.1, 0.15) is 149 Å². The van der Waals surface area contributed by atoms with Crippen molar-refractivity contribution in [1.29, 1.82) is 0 Å². The maximum atomic E-state index is 12.3. The Hall–Kier alpha value is -2.22. The molecule has 2 N–H and O–H groups in total. The lowest BCUT2D eigenvalue weighted by Crippen LogP contribution is -2.27. The lowest BCUT2D eigenvalue weighted by atomic mass is 10.0. The molecule has 9 heteroatoms. The molecule has 0 aromatic heterocycles. The van der Waals surface area contributed by atoms with Gasteiger partial charge in [0.1, 0.15) is 6.61 Å². The summed E-state index contributed by atoms with van der Waals surface area (Å²) in [5.74, 6) is -0.471. The van der Waals surface area contributed by atoms with Crippen molar-refractivity contribution in [2.45, 2.75) is 167 Å². The van der Waals surface area contributed by atoms with Gasteiger partial charge in [0.05, 0.1) is 25.1 Å². The summed E-state index contributed by atoms with van der Waals surface area (Å²) in [4.78, 5) is 30.5. The van der Waals surface area contributed by atoms with E-state index < -0.39 is 26.5 Å². The highest BCUT2D eigenvalue weighted by Gasteiger charge is 2.35. The molecule has 0 aliphatic carbocycles. The molecule has 8 nitrogen and oxygen atoms in total. The number of hydrogen-bond donors (Lipinski definition) is 2. The van der Waals surface area contributed by atoms with Crippen LogP contribution in [0.15, 0.2) is 73.1 Å². The molecule has 0 aromatic carbocycles. The molecule has 1 saturated heterocycles. The normalized spacial score (nSPS) is 17.4. The molecule has 3 atom stereocenters. The first-order valence-electron chi connectivity index (χ1n) is 19.4. The molecule has 286 valence electrons. The largest absolute Gasteiger partial charge is 0.498 e. The molecule has 1 aliphatic heterocycles. The number of allylic oxidation sites excluding steroid dienone is 9. The summed E-state index contributed by atoms with van der Waals surface area (Å²) >= 11 is 0. The van der Waals surface area contributed by atoms with E-state index in [1.165, 1.54) is 70.6 Å². The van der Waals surface area contributed by atoms with Crippen LogP contribution in [0, 0.1) is 0 Å². The second-order valence-electron chi connectivity index (χ2n) is 13.0. The Morgan fingerprint density at radius 1 is 0.660 bits per heavy atom. The zero-order valence-electron chi connectivity index (χ0n) is 31.2. The van der Waals surface area contributed by atoms with E-state index in [0.29, 0.717) is 18.6 Å². The van der Waals surface area contributed by atoms with E-state index in [2.05, 4.69) is 67.0 Å². The van der Waals surface area contributed by atoms with Gasteiger partial charge in [-0.05, 0) is 63.9 Å². The number of carbonyl (C=O) groups excluding carboxylic acids is 1. The first kappa shape index (κ1) is 45.8. The smallest absolute Gasteiger partial charge is 0.469 e. The van der Waals surface area contributed by atoms with Gasteiger partial charge in [0.25, 0.3) is 0 Å². The predicted octanol–water partition coefficient (Wildman–Crippen LogP) is 11.3. The van der Waals surface area contributed by atoms with E-state index in [-0.39, 0.29) is 13.0 Å². The predicted molar refractivity (Wildman–Crippen MR) is 206 cm³/mol. The molecule has 2 unspecified atom stereocenters. The van der Waals surface area contributed by atoms with E-state index in [1.54, 1.807) is 6.26 Å². The minimum absolute atomic E-state index is 0.0426. The number of carbonyl (C=O) groups is 1. The second-order valence-corrected chi connectivity index (χ2v) is 14.2. The molecule has 0 saturated carbocycles. The Morgan fingerprint density at radius 3 is 1.74 bits per heavy atom. The van der Waals surface area contributed by atoms with Crippen LogP contribution in [0.4, 0.5) is 0 Å². The molecule has 0 spiro atoms. The van der Waals surface area contributed by atoms with E-state index in [0.717, 1.165) is 51.4 Å². The Balaban J connectivity index is 2.11. The minimum Gasteiger partial charge on any atom is -0.498 e. The summed E-state index contributed by atoms with van der Waals surface area (Å²) < 4.78 is 32.3. The standard InChI is InChI=1S/C41H69O8P/c1-3-5-7-8-9-10-11-12-15-18-21-24-27-31-35-46-36-38(37-47-50(43,44)45)48-41(42)34-30-26-23-20-17-14-13-16-19-22-25-29-33-40-39(49-40)32-28-6-4-2/h6,14,16-17,19,23,25-26,28-29,31,35,38-40H,3-5,7-13,15,18,20-22,24,27,30,32-34,36-37H2,1-2H3,(H2,43,44,45)/b17-14-,19-16-,26-23-,28-6-,29-25-,35-31+/t38-,39?,40?/m1/s1. The zero-order chi connectivity index (χ0) is 36.4. The lowest BCUT2D eigenvalue weighted by Gasteiger charge is -2.17. The van der Waals surface area contributed by atoms with Gasteiger partial charge in [-0.15, -0.1) is 0 Å². The number of rotatable bonds is 34. The van der Waals surface area contributed by atoms with Crippen LogP contribution in [0.25, 0.3) is 0 Å². The van der Waals surface area contributed by atoms with Gasteiger partial charge >= 0.3 is 13.8 Å². The Kier molecular flexibility index (Phi) is 29.9. The molecular weight excluding hydrogens is 651 g/mol. The van der Waals surface area contributed by atoms with Gasteiger partial charge in [-0.2, -0.15) is 0 Å². The van der Waals surface area contributed by atoms with Crippen LogP contribution in [0.5, 0.6) is 0 Å². The van der Waals surface area contributed by atoms with Gasteiger partial charge in [0.2, 0.25) is 0 Å². The number of phosphoric ester groups is 1. The summed E-state index contributed by atoms with van der Waals surface area (Å²) in [7, 11) is -4.69. The van der Waals surface area contributed by atoms with E-state index in [9.17, 15) is 9.36 Å². The third-order valence-corrected chi connectivity index (χ3v) is 8.74. The number of epoxide rings is 1. The molecule has 0 aromatic rings. The van der Waals surface area contributed by atoms with Crippen molar-refractivity contribution in [2.75, 3.05) is 13.2 Å². The van der Waals surface area contributed by atoms with Gasteiger partial charge in [-0.3, -0.25) is 9.32 Å². The maximum Gasteiger partial charge on any atom is 0.469 e. The van der Waals surface area contributed by atoms with Crippen molar-refractivity contribution in [3.8, 4) is 0 Å². The second kappa shape index (κ2) is 32.7. The molecule has 1 aliphatic rings. The van der Waals surface area contributed by atoms with Gasteiger partial charge in [-0.1, -0.05) is 145 Å². The highest BCUT2D eigenvalue weighted by Crippen LogP contribution is 2.36. The highest BCUT2D eigenvalue weighted by atomic mass is 31.2. The molecule has 1 heterocycles. The Labute approximate surface area is 304 Å². The van der Waals surface area contributed by atoms with Crippen LogP contribution in [0.2, 0.25) is 0 Å². The van der Waals surface area contributed by atoms with E-state index in [1.807, 2.05) is 18.2 Å². The van der Waals surface area contributed by atoms with Crippen LogP contribution < -0.4 is 0 Å². The van der Waals surface area contributed by atoms with Gasteiger partial charge < -0.3 is 24.0 Å². The first-order chi connectivity index (χ1) is 24.4. The Morgan fingerprint density at radius 2 is 1.18 bits per heavy atom. The average molecular weight is 721 g/mol. The molecular formula is C41H69O8P. The summed E-state index contributed by atoms with van der Waals surface area (Å²) in [6.07, 6.45) is 47.5. The Bertz CT molecular complexity index is 1040. The van der Waals surface area contributed by atoms with E-state index >= 15 is 0 Å². The van der Waals surface area contributed by atoms with Crippen molar-refractivity contribution < 1.29 is 37.9 Å². The minimum atomic E-state index is -4.69. The molecule has 0 amide bonds. The third kappa shape index (κ3) is 31.7. The van der Waals surface area contributed by atoms with Crippen LogP contribution in [-0.4, -0.2) is 47.3 Å². The van der Waals surface area contributed by atoms with Gasteiger partial charge in [-0.25, -0.2) is 4.57 Å². The van der Waals surface area contributed by atoms with Crippen molar-refractivity contribution in [3.05, 3.63) is 73.1 Å². The first-order valence-corrected chi connectivity index (χ1v) is 20.9. The molecule has 0 bridgehead atoms. The highest BCUT2D eigenvalue weighted by molar-refractivity contribution is 7.46. The topological polar surface area (TPSA) is 115 Å². The molecule has 1 rings (SSSR count). The molecule has 0 radical (unpaired) electrons. The summed E-state index contributed by atoms with van der Waals surface area (Å²) in [5.41, 5.74) is 0. The number of hydrogen-bond acceptors (Lipinski definition) is 6. The monoisotopic (exact) mass is 720 g/mol. The number of phosphoric acid groups is 1. The lowest BCUT2D eigenvalue weighted by molar-refractivity contribution is -0.153. The van der Waals surface area contributed by atoms with Crippen LogP contribution in [-0.2, 0) is 28.1 Å². The van der Waals surface area contributed by atoms with Crippen molar-refractivity contribution in [1.82, 2.24) is 0 Å². The fourth-order valence-electron chi connectivity index (χ4n) is 5.30. The van der Waals surface area contributed by atoms with Crippen molar-refractivity contribution >= 4 is 13.8 Å². The SMILES string of the molecule is CC/C=C\CC1OC1C/C=C\C/C=C\C/C=C\C/C=C\CCC(=O)O[C@H](CO/C=C/CCCCCCCCCCCCCC)COP(=O)(O)O. The summed E-state index contributed by atoms with van der Waals surface area (Å²) in [6, 6.07) is 0. The van der Waals surface area contributed by atoms with E-state index in [4.69, 9.17) is 24.0 Å². The fourth-order valence-corrected chi connectivity index (χ4v) is 5.66. The number of ether oxygens (including phenoxy) is 3. The fraction of sp³-hybridized carbons (Fsp3) is 0.683. The van der Waals surface area contributed by atoms with Crippen molar-refractivity contribution in [3.63, 3.8) is 0 Å². The molecule has 50 heavy (non-hydrogen) atoms. The van der Waals surface area contributed by atoms with Gasteiger partial charge in [0, 0.05) is 6.42 Å². The summed E-state index contributed by atoms with van der Waals surface area (Å²) in [6.45, 7) is 3.91. The van der Waals surface area contributed by atoms with Crippen molar-refractivity contribution in [2.24, 2.45) is 0 Å². The molecule has 1 fully saturated rings. The number of esters is 1. The van der Waals surface area contributed by atoms with Gasteiger partial charge in [0.15, 0.2) is 6.10 Å². The maximum absolute atomic E-state index is 12.3. The number of unbranched alkanes of at least 4 members (excludes halogenated alkanes) is 12. The summed E-state index contributed by atoms with van der Waals surface area (Å²) in [5, 5.41) is 0. The van der Waals surface area contributed by atoms with Crippen LogP contribution >= 0.6 is 7.82 Å². The third-order valence-electron chi connectivity index (χ3n) is 8.25. The zero-order valence-corrected chi connectivity index (χ0v) is 32.1. The van der Waals surface area contributed by atoms with Crippen LogP contribution in [0.3, 0.4) is 0 Å². The average Bonchev–Trinajstić information content (AvgIpc) is 3.84.